The predicted molar refractivity (Wildman–Crippen MR) is 76.8 cm³/mol. The maximum Gasteiger partial charge on any atom is 0.245 e. The van der Waals surface area contributed by atoms with Gasteiger partial charge in [0.15, 0.2) is 5.82 Å². The summed E-state index contributed by atoms with van der Waals surface area (Å²) in [5.41, 5.74) is 5.66. The Kier molecular flexibility index (Phi) is 4.91. The van der Waals surface area contributed by atoms with Crippen molar-refractivity contribution in [3.8, 4) is 0 Å². The Morgan fingerprint density at radius 3 is 2.95 bits per heavy atom. The van der Waals surface area contributed by atoms with Crippen LogP contribution in [0, 0.1) is 0 Å². The van der Waals surface area contributed by atoms with Gasteiger partial charge in [-0.05, 0) is 12.8 Å². The Morgan fingerprint density at radius 2 is 2.29 bits per heavy atom. The molecule has 2 rings (SSSR count). The average Bonchev–Trinajstić information content (AvgIpc) is 3.05. The largest absolute Gasteiger partial charge is 0.381 e. The van der Waals surface area contributed by atoms with Crippen LogP contribution in [0.15, 0.2) is 17.4 Å². The lowest BCUT2D eigenvalue weighted by molar-refractivity contribution is 0.576. The Labute approximate surface area is 123 Å². The number of nitrogens with one attached hydrogen (secondary N) is 2. The molecule has 2 heterocycles. The minimum atomic E-state index is -3.63. The predicted octanol–water partition coefficient (Wildman–Crippen LogP) is -0.0955. The highest BCUT2D eigenvalue weighted by Crippen LogP contribution is 2.16. The molecule has 0 spiro atoms. The quantitative estimate of drug-likeness (QED) is 0.583. The van der Waals surface area contributed by atoms with E-state index in [1.54, 1.807) is 4.68 Å². The third-order valence-corrected chi connectivity index (χ3v) is 4.32. The molecule has 0 amide bonds. The average molecular weight is 313 g/mol. The summed E-state index contributed by atoms with van der Waals surface area (Å²) in [6.45, 7) is 2.90. The van der Waals surface area contributed by atoms with Gasteiger partial charge in [-0.3, -0.25) is 9.78 Å². The molecule has 2 aromatic rings. The van der Waals surface area contributed by atoms with Crippen molar-refractivity contribution in [3.63, 3.8) is 0 Å². The van der Waals surface area contributed by atoms with Crippen molar-refractivity contribution in [2.24, 2.45) is 0 Å². The van der Waals surface area contributed by atoms with Crippen LogP contribution in [0.5, 0.6) is 0 Å². The number of sulfonamides is 1. The van der Waals surface area contributed by atoms with E-state index in [9.17, 15) is 8.42 Å². The first-order valence-electron chi connectivity index (χ1n) is 6.69. The lowest BCUT2D eigenvalue weighted by Crippen LogP contribution is -2.25. The number of anilines is 1. The van der Waals surface area contributed by atoms with Gasteiger partial charge in [0, 0.05) is 25.7 Å². The third-order valence-electron chi connectivity index (χ3n) is 2.84. The number of nitrogen functional groups attached to an aromatic ring is 1. The van der Waals surface area contributed by atoms with Crippen LogP contribution >= 0.6 is 0 Å². The SMILES string of the molecule is CCCn1cc(S(=O)(=O)NCCCc2ncn[nH]2)c(N)n1. The molecule has 0 fully saturated rings. The number of hydrogen-bond acceptors (Lipinski definition) is 6. The maximum atomic E-state index is 12.2. The molecule has 0 bridgehead atoms. The van der Waals surface area contributed by atoms with Crippen molar-refractivity contribution in [2.75, 3.05) is 12.3 Å². The van der Waals surface area contributed by atoms with Gasteiger partial charge in [-0.15, -0.1) is 0 Å². The highest BCUT2D eigenvalue weighted by atomic mass is 32.2. The van der Waals surface area contributed by atoms with Crippen molar-refractivity contribution in [3.05, 3.63) is 18.3 Å². The van der Waals surface area contributed by atoms with Crippen LogP contribution < -0.4 is 10.5 Å². The van der Waals surface area contributed by atoms with Crippen molar-refractivity contribution >= 4 is 15.8 Å². The van der Waals surface area contributed by atoms with E-state index in [1.165, 1.54) is 12.5 Å². The highest BCUT2D eigenvalue weighted by Gasteiger charge is 2.20. The fourth-order valence-electron chi connectivity index (χ4n) is 1.86. The zero-order valence-corrected chi connectivity index (χ0v) is 12.6. The number of hydrogen-bond donors (Lipinski definition) is 3. The number of aromatic nitrogens is 5. The lowest BCUT2D eigenvalue weighted by atomic mass is 10.3. The summed E-state index contributed by atoms with van der Waals surface area (Å²) in [4.78, 5) is 3.99. The first kappa shape index (κ1) is 15.4. The van der Waals surface area contributed by atoms with Crippen molar-refractivity contribution < 1.29 is 8.42 Å². The normalized spacial score (nSPS) is 11.9. The van der Waals surface area contributed by atoms with Crippen LogP contribution in [-0.2, 0) is 23.0 Å². The fourth-order valence-corrected chi connectivity index (χ4v) is 3.01. The summed E-state index contributed by atoms with van der Waals surface area (Å²) in [6.07, 6.45) is 4.95. The molecule has 0 radical (unpaired) electrons. The van der Waals surface area contributed by atoms with Gasteiger partial charge >= 0.3 is 0 Å². The van der Waals surface area contributed by atoms with Crippen LogP contribution in [-0.4, -0.2) is 39.9 Å². The second-order valence-corrected chi connectivity index (χ2v) is 6.31. The number of nitrogens with zero attached hydrogens (tertiary/aromatic N) is 4. The summed E-state index contributed by atoms with van der Waals surface area (Å²) in [5, 5.41) is 10.4. The Balaban J connectivity index is 1.91. The molecular formula is C11H19N7O2S. The summed E-state index contributed by atoms with van der Waals surface area (Å²) in [7, 11) is -3.63. The van der Waals surface area contributed by atoms with Gasteiger partial charge in [0.05, 0.1) is 0 Å². The molecule has 0 aromatic carbocycles. The molecule has 0 unspecified atom stereocenters. The van der Waals surface area contributed by atoms with E-state index in [0.29, 0.717) is 25.9 Å². The van der Waals surface area contributed by atoms with Gasteiger partial charge in [-0.1, -0.05) is 6.92 Å². The number of aromatic amines is 1. The molecule has 0 saturated carbocycles. The molecule has 9 nitrogen and oxygen atoms in total. The number of H-pyrrole nitrogens is 1. The zero-order valence-electron chi connectivity index (χ0n) is 11.8. The molecule has 21 heavy (non-hydrogen) atoms. The zero-order chi connectivity index (χ0) is 15.3. The van der Waals surface area contributed by atoms with Gasteiger partial charge < -0.3 is 5.73 Å². The van der Waals surface area contributed by atoms with E-state index in [2.05, 4.69) is 25.0 Å². The van der Waals surface area contributed by atoms with Gasteiger partial charge in [0.1, 0.15) is 17.0 Å². The maximum absolute atomic E-state index is 12.2. The van der Waals surface area contributed by atoms with Crippen molar-refractivity contribution in [2.45, 2.75) is 37.6 Å². The van der Waals surface area contributed by atoms with Gasteiger partial charge in [0.25, 0.3) is 0 Å². The smallest absolute Gasteiger partial charge is 0.245 e. The number of aryl methyl sites for hydroxylation is 2. The van der Waals surface area contributed by atoms with E-state index in [1.807, 2.05) is 6.92 Å². The first-order chi connectivity index (χ1) is 10.0. The van der Waals surface area contributed by atoms with Gasteiger partial charge in [-0.2, -0.15) is 10.2 Å². The molecule has 10 heteroatoms. The highest BCUT2D eigenvalue weighted by molar-refractivity contribution is 7.89. The topological polar surface area (TPSA) is 132 Å². The summed E-state index contributed by atoms with van der Waals surface area (Å²) < 4.78 is 28.4. The van der Waals surface area contributed by atoms with E-state index in [4.69, 9.17) is 5.73 Å². The third kappa shape index (κ3) is 4.02. The molecule has 2 aromatic heterocycles. The van der Waals surface area contributed by atoms with E-state index >= 15 is 0 Å². The fraction of sp³-hybridized carbons (Fsp3) is 0.545. The Hall–Kier alpha value is -1.94. The van der Waals surface area contributed by atoms with E-state index in [-0.39, 0.29) is 10.7 Å². The number of nitrogens with two attached hydrogens (primary N) is 1. The Morgan fingerprint density at radius 1 is 1.48 bits per heavy atom. The number of rotatable bonds is 8. The van der Waals surface area contributed by atoms with Crippen LogP contribution in [0.3, 0.4) is 0 Å². The van der Waals surface area contributed by atoms with E-state index in [0.717, 1.165) is 12.2 Å². The molecule has 0 atom stereocenters. The first-order valence-corrected chi connectivity index (χ1v) is 8.18. The molecule has 116 valence electrons. The van der Waals surface area contributed by atoms with Gasteiger partial charge in [-0.25, -0.2) is 18.1 Å². The molecule has 0 saturated heterocycles. The second-order valence-electron chi connectivity index (χ2n) is 4.58. The minimum absolute atomic E-state index is 0.0196. The summed E-state index contributed by atoms with van der Waals surface area (Å²) in [5.74, 6) is 0.746. The standard InChI is InChI=1S/C11H19N7O2S/c1-2-6-18-7-9(11(12)17-18)21(19,20)15-5-3-4-10-13-8-14-16-10/h7-8,15H,2-6H2,1H3,(H2,12,17)(H,13,14,16). The monoisotopic (exact) mass is 313 g/mol. The van der Waals surface area contributed by atoms with Crippen molar-refractivity contribution in [1.29, 1.82) is 0 Å². The van der Waals surface area contributed by atoms with Crippen LogP contribution in [0.2, 0.25) is 0 Å². The summed E-state index contributed by atoms with van der Waals surface area (Å²) in [6, 6.07) is 0. The molecule has 0 aliphatic heterocycles. The van der Waals surface area contributed by atoms with Crippen LogP contribution in [0.25, 0.3) is 0 Å². The van der Waals surface area contributed by atoms with Gasteiger partial charge in [0.2, 0.25) is 10.0 Å². The van der Waals surface area contributed by atoms with Crippen LogP contribution in [0.4, 0.5) is 5.82 Å². The molecule has 0 aliphatic rings. The Bertz CT molecular complexity index is 663. The minimum Gasteiger partial charge on any atom is -0.381 e. The molecular weight excluding hydrogens is 294 g/mol. The molecule has 4 N–H and O–H groups in total. The second kappa shape index (κ2) is 6.68. The van der Waals surface area contributed by atoms with Crippen LogP contribution in [0.1, 0.15) is 25.6 Å². The lowest BCUT2D eigenvalue weighted by Gasteiger charge is -2.04. The van der Waals surface area contributed by atoms with Crippen molar-refractivity contribution in [1.82, 2.24) is 29.7 Å². The molecule has 0 aliphatic carbocycles. The van der Waals surface area contributed by atoms with E-state index < -0.39 is 10.0 Å². The summed E-state index contributed by atoms with van der Waals surface area (Å²) >= 11 is 0.